The van der Waals surface area contributed by atoms with E-state index in [4.69, 9.17) is 10.5 Å². The molecule has 1 fully saturated rings. The molecule has 0 radical (unpaired) electrons. The van der Waals surface area contributed by atoms with Gasteiger partial charge in [0.2, 0.25) is 0 Å². The first-order valence-electron chi connectivity index (χ1n) is 7.31. The van der Waals surface area contributed by atoms with Gasteiger partial charge in [-0.25, -0.2) is 4.79 Å². The van der Waals surface area contributed by atoms with Crippen LogP contribution in [0, 0.1) is 0 Å². The summed E-state index contributed by atoms with van der Waals surface area (Å²) in [6, 6.07) is 5.31. The summed E-state index contributed by atoms with van der Waals surface area (Å²) in [4.78, 5) is 16.4. The van der Waals surface area contributed by atoms with Crippen LogP contribution in [0.4, 0.5) is 11.4 Å². The molecule has 2 N–H and O–H groups in total. The summed E-state index contributed by atoms with van der Waals surface area (Å²) in [6.07, 6.45) is 0. The topological polar surface area (TPSA) is 58.8 Å². The normalized spacial score (nSPS) is 16.9. The van der Waals surface area contributed by atoms with Crippen LogP contribution in [0.25, 0.3) is 0 Å². The van der Waals surface area contributed by atoms with Crippen LogP contribution in [0.5, 0.6) is 0 Å². The molecule has 0 aromatic heterocycles. The number of esters is 1. The minimum absolute atomic E-state index is 0.186. The molecule has 1 aromatic carbocycles. The summed E-state index contributed by atoms with van der Waals surface area (Å²) in [5.41, 5.74) is 8.43. The number of benzene rings is 1. The Morgan fingerprint density at radius 3 is 2.33 bits per heavy atom. The fourth-order valence-corrected chi connectivity index (χ4v) is 2.68. The third kappa shape index (κ3) is 3.47. The first-order chi connectivity index (χ1) is 9.82. The molecule has 1 aliphatic heterocycles. The van der Waals surface area contributed by atoms with Crippen molar-refractivity contribution in [1.29, 1.82) is 0 Å². The van der Waals surface area contributed by atoms with Gasteiger partial charge in [0.05, 0.1) is 24.0 Å². The van der Waals surface area contributed by atoms with Gasteiger partial charge in [0.15, 0.2) is 0 Å². The van der Waals surface area contributed by atoms with Crippen LogP contribution in [0.15, 0.2) is 18.2 Å². The van der Waals surface area contributed by atoms with Gasteiger partial charge in [0.25, 0.3) is 0 Å². The first-order valence-corrected chi connectivity index (χ1v) is 7.31. The first kappa shape index (κ1) is 15.6. The molecule has 0 unspecified atom stereocenters. The Morgan fingerprint density at radius 2 is 1.81 bits per heavy atom. The molecule has 0 atom stereocenters. The van der Waals surface area contributed by atoms with E-state index in [1.54, 1.807) is 12.1 Å². The number of methoxy groups -OCH3 is 1. The van der Waals surface area contributed by atoms with E-state index < -0.39 is 0 Å². The maximum Gasteiger partial charge on any atom is 0.337 e. The highest BCUT2D eigenvalue weighted by atomic mass is 16.5. The quantitative estimate of drug-likeness (QED) is 0.667. The summed E-state index contributed by atoms with van der Waals surface area (Å²) in [5, 5.41) is 0. The molecule has 1 saturated heterocycles. The molecule has 116 valence electrons. The molecule has 5 nitrogen and oxygen atoms in total. The fraction of sp³-hybridized carbons (Fsp3) is 0.562. The van der Waals surface area contributed by atoms with Crippen LogP contribution >= 0.6 is 0 Å². The van der Waals surface area contributed by atoms with E-state index in [2.05, 4.69) is 30.6 Å². The Bertz CT molecular complexity index is 515. The van der Waals surface area contributed by atoms with Crippen molar-refractivity contribution in [3.8, 4) is 0 Å². The average molecular weight is 291 g/mol. The molecule has 1 aromatic rings. The van der Waals surface area contributed by atoms with Crippen molar-refractivity contribution in [2.24, 2.45) is 0 Å². The smallest absolute Gasteiger partial charge is 0.337 e. The van der Waals surface area contributed by atoms with Gasteiger partial charge >= 0.3 is 5.97 Å². The number of piperazine rings is 1. The molecule has 0 bridgehead atoms. The summed E-state index contributed by atoms with van der Waals surface area (Å²) in [6.45, 7) is 10.5. The maximum atomic E-state index is 11.7. The predicted molar refractivity (Wildman–Crippen MR) is 85.7 cm³/mol. The van der Waals surface area contributed by atoms with E-state index in [9.17, 15) is 4.79 Å². The monoisotopic (exact) mass is 291 g/mol. The molecule has 1 heterocycles. The van der Waals surface area contributed by atoms with E-state index in [-0.39, 0.29) is 11.5 Å². The minimum atomic E-state index is -0.329. The lowest BCUT2D eigenvalue weighted by Crippen LogP contribution is -2.53. The van der Waals surface area contributed by atoms with Crippen LogP contribution in [-0.4, -0.2) is 49.7 Å². The van der Waals surface area contributed by atoms with Crippen molar-refractivity contribution in [2.45, 2.75) is 26.3 Å². The minimum Gasteiger partial charge on any atom is -0.465 e. The number of rotatable bonds is 2. The van der Waals surface area contributed by atoms with Gasteiger partial charge in [0, 0.05) is 31.7 Å². The van der Waals surface area contributed by atoms with Crippen molar-refractivity contribution >= 4 is 17.3 Å². The number of nitrogen functional groups attached to an aromatic ring is 1. The van der Waals surface area contributed by atoms with Crippen molar-refractivity contribution in [3.63, 3.8) is 0 Å². The summed E-state index contributed by atoms with van der Waals surface area (Å²) >= 11 is 0. The Labute approximate surface area is 126 Å². The van der Waals surface area contributed by atoms with Crippen molar-refractivity contribution in [1.82, 2.24) is 4.90 Å². The SMILES string of the molecule is COC(=O)c1ccc(N)c(N2CCN(C(C)(C)C)CC2)c1. The van der Waals surface area contributed by atoms with Crippen LogP contribution in [-0.2, 0) is 4.74 Å². The van der Waals surface area contributed by atoms with Crippen LogP contribution in [0.2, 0.25) is 0 Å². The van der Waals surface area contributed by atoms with Gasteiger partial charge in [-0.1, -0.05) is 0 Å². The van der Waals surface area contributed by atoms with E-state index in [1.807, 2.05) is 6.07 Å². The molecule has 0 amide bonds. The second-order valence-corrected chi connectivity index (χ2v) is 6.41. The Hall–Kier alpha value is -1.75. The van der Waals surface area contributed by atoms with Gasteiger partial charge in [-0.2, -0.15) is 0 Å². The highest BCUT2D eigenvalue weighted by Gasteiger charge is 2.26. The largest absolute Gasteiger partial charge is 0.465 e. The Morgan fingerprint density at radius 1 is 1.19 bits per heavy atom. The van der Waals surface area contributed by atoms with E-state index >= 15 is 0 Å². The second-order valence-electron chi connectivity index (χ2n) is 6.41. The van der Waals surface area contributed by atoms with Crippen LogP contribution < -0.4 is 10.6 Å². The fourth-order valence-electron chi connectivity index (χ4n) is 2.68. The number of carbonyl (C=O) groups excluding carboxylic acids is 1. The number of carbonyl (C=O) groups is 1. The maximum absolute atomic E-state index is 11.7. The lowest BCUT2D eigenvalue weighted by molar-refractivity contribution is 0.0601. The summed E-state index contributed by atoms with van der Waals surface area (Å²) < 4.78 is 4.77. The van der Waals surface area contributed by atoms with Gasteiger partial charge in [-0.15, -0.1) is 0 Å². The third-order valence-corrected chi connectivity index (χ3v) is 4.02. The lowest BCUT2D eigenvalue weighted by atomic mass is 10.0. The van der Waals surface area contributed by atoms with Crippen molar-refractivity contribution in [3.05, 3.63) is 23.8 Å². The number of hydrogen-bond donors (Lipinski definition) is 1. The zero-order chi connectivity index (χ0) is 15.6. The van der Waals surface area contributed by atoms with Gasteiger partial charge in [0.1, 0.15) is 0 Å². The Balaban J connectivity index is 2.15. The number of nitrogens with two attached hydrogens (primary N) is 1. The number of ether oxygens (including phenoxy) is 1. The second kappa shape index (κ2) is 5.93. The Kier molecular flexibility index (Phi) is 4.42. The van der Waals surface area contributed by atoms with Crippen molar-refractivity contribution < 1.29 is 9.53 Å². The molecular weight excluding hydrogens is 266 g/mol. The van der Waals surface area contributed by atoms with Crippen LogP contribution in [0.1, 0.15) is 31.1 Å². The summed E-state index contributed by atoms with van der Waals surface area (Å²) in [5.74, 6) is -0.329. The molecule has 5 heteroatoms. The molecule has 0 saturated carbocycles. The molecule has 1 aliphatic rings. The lowest BCUT2D eigenvalue weighted by Gasteiger charge is -2.43. The van der Waals surface area contributed by atoms with Crippen molar-refractivity contribution in [2.75, 3.05) is 43.9 Å². The standard InChI is InChI=1S/C16H25N3O2/c1-16(2,3)19-9-7-18(8-10-19)14-11-12(15(20)21-4)5-6-13(14)17/h5-6,11H,7-10,17H2,1-4H3. The van der Waals surface area contributed by atoms with E-state index in [1.165, 1.54) is 7.11 Å². The van der Waals surface area contributed by atoms with E-state index in [0.29, 0.717) is 11.3 Å². The number of hydrogen-bond acceptors (Lipinski definition) is 5. The molecule has 2 rings (SSSR count). The zero-order valence-electron chi connectivity index (χ0n) is 13.3. The van der Waals surface area contributed by atoms with E-state index in [0.717, 1.165) is 31.9 Å². The molecule has 0 aliphatic carbocycles. The molecule has 21 heavy (non-hydrogen) atoms. The highest BCUT2D eigenvalue weighted by Crippen LogP contribution is 2.27. The van der Waals surface area contributed by atoms with Gasteiger partial charge in [-0.3, -0.25) is 4.90 Å². The average Bonchev–Trinajstić information content (AvgIpc) is 2.46. The third-order valence-electron chi connectivity index (χ3n) is 4.02. The highest BCUT2D eigenvalue weighted by molar-refractivity contribution is 5.92. The number of nitrogens with zero attached hydrogens (tertiary/aromatic N) is 2. The summed E-state index contributed by atoms with van der Waals surface area (Å²) in [7, 11) is 1.39. The molecule has 0 spiro atoms. The predicted octanol–water partition coefficient (Wildman–Crippen LogP) is 1.98. The number of anilines is 2. The zero-order valence-corrected chi connectivity index (χ0v) is 13.3. The van der Waals surface area contributed by atoms with Crippen LogP contribution in [0.3, 0.4) is 0 Å². The molecular formula is C16H25N3O2. The van der Waals surface area contributed by atoms with Gasteiger partial charge < -0.3 is 15.4 Å². The van der Waals surface area contributed by atoms with Gasteiger partial charge in [-0.05, 0) is 39.0 Å².